The zero-order chi connectivity index (χ0) is 28.1. The first kappa shape index (κ1) is 25.5. The summed E-state index contributed by atoms with van der Waals surface area (Å²) in [5.74, 6) is 0. The SMILES string of the molecule is [c]1cccc(-c2cc(-c3ccccc3)cc(-c3cccc(-c4cc(-c5ccccc5)cc(-c5ccccc5)c4)c3)c2)c1. The number of rotatable bonds is 6. The summed E-state index contributed by atoms with van der Waals surface area (Å²) < 4.78 is 0. The summed E-state index contributed by atoms with van der Waals surface area (Å²) in [4.78, 5) is 0. The first-order valence-corrected chi connectivity index (χ1v) is 14.3. The van der Waals surface area contributed by atoms with Gasteiger partial charge in [-0.3, -0.25) is 0 Å². The summed E-state index contributed by atoms with van der Waals surface area (Å²) in [6, 6.07) is 66.1. The molecule has 0 saturated carbocycles. The molecule has 0 spiro atoms. The molecule has 0 aliphatic heterocycles. The lowest BCUT2D eigenvalue weighted by Gasteiger charge is -2.14. The zero-order valence-electron chi connectivity index (χ0n) is 23.2. The molecule has 0 aliphatic carbocycles. The maximum Gasteiger partial charge on any atom is -0.0171 e. The third-order valence-corrected chi connectivity index (χ3v) is 7.76. The van der Waals surface area contributed by atoms with E-state index in [0.29, 0.717) is 0 Å². The Bertz CT molecular complexity index is 1680. The van der Waals surface area contributed by atoms with Gasteiger partial charge >= 0.3 is 0 Å². The minimum absolute atomic E-state index is 1.16. The minimum Gasteiger partial charge on any atom is -0.0622 e. The molecular weight excluding hydrogens is 504 g/mol. The van der Waals surface area contributed by atoms with Crippen molar-refractivity contribution in [3.8, 4) is 66.8 Å². The lowest BCUT2D eigenvalue weighted by atomic mass is 9.90. The van der Waals surface area contributed by atoms with Gasteiger partial charge in [-0.1, -0.05) is 127 Å². The lowest BCUT2D eigenvalue weighted by Crippen LogP contribution is -1.88. The average Bonchev–Trinajstić information content (AvgIpc) is 3.09. The lowest BCUT2D eigenvalue weighted by molar-refractivity contribution is 1.54. The van der Waals surface area contributed by atoms with Crippen molar-refractivity contribution in [2.75, 3.05) is 0 Å². The van der Waals surface area contributed by atoms with Gasteiger partial charge in [0, 0.05) is 0 Å². The van der Waals surface area contributed by atoms with Crippen LogP contribution in [0.1, 0.15) is 0 Å². The van der Waals surface area contributed by atoms with Crippen molar-refractivity contribution in [2.45, 2.75) is 0 Å². The van der Waals surface area contributed by atoms with Crippen molar-refractivity contribution in [3.05, 3.63) is 182 Å². The third kappa shape index (κ3) is 5.44. The second kappa shape index (κ2) is 11.6. The molecule has 0 fully saturated rings. The van der Waals surface area contributed by atoms with Gasteiger partial charge in [0.05, 0.1) is 0 Å². The Kier molecular flexibility index (Phi) is 7.02. The quantitative estimate of drug-likeness (QED) is 0.199. The fraction of sp³-hybridized carbons (Fsp3) is 0. The molecule has 7 aromatic carbocycles. The molecule has 0 saturated heterocycles. The van der Waals surface area contributed by atoms with Crippen molar-refractivity contribution in [2.24, 2.45) is 0 Å². The predicted octanol–water partition coefficient (Wildman–Crippen LogP) is 11.5. The first-order valence-electron chi connectivity index (χ1n) is 14.3. The Balaban J connectivity index is 1.37. The van der Waals surface area contributed by atoms with Crippen LogP contribution in [0.15, 0.2) is 176 Å². The van der Waals surface area contributed by atoms with Crippen LogP contribution in [-0.4, -0.2) is 0 Å². The van der Waals surface area contributed by atoms with E-state index in [1.807, 2.05) is 6.07 Å². The van der Waals surface area contributed by atoms with E-state index in [1.165, 1.54) is 61.2 Å². The number of hydrogen-bond donors (Lipinski definition) is 0. The fourth-order valence-corrected chi connectivity index (χ4v) is 5.60. The van der Waals surface area contributed by atoms with Crippen molar-refractivity contribution in [1.29, 1.82) is 0 Å². The highest BCUT2D eigenvalue weighted by Crippen LogP contribution is 2.37. The molecule has 197 valence electrons. The summed E-state index contributed by atoms with van der Waals surface area (Å²) in [5, 5.41) is 0. The Labute approximate surface area is 248 Å². The van der Waals surface area contributed by atoms with Crippen molar-refractivity contribution in [1.82, 2.24) is 0 Å². The van der Waals surface area contributed by atoms with Gasteiger partial charge in [0.2, 0.25) is 0 Å². The van der Waals surface area contributed by atoms with Crippen LogP contribution in [0.3, 0.4) is 0 Å². The maximum atomic E-state index is 3.25. The normalized spacial score (nSPS) is 10.9. The molecule has 0 aliphatic rings. The zero-order valence-corrected chi connectivity index (χ0v) is 23.2. The monoisotopic (exact) mass is 533 g/mol. The van der Waals surface area contributed by atoms with Crippen molar-refractivity contribution in [3.63, 3.8) is 0 Å². The van der Waals surface area contributed by atoms with Gasteiger partial charge in [0.25, 0.3) is 0 Å². The van der Waals surface area contributed by atoms with Gasteiger partial charge in [-0.15, -0.1) is 0 Å². The van der Waals surface area contributed by atoms with Crippen molar-refractivity contribution < 1.29 is 0 Å². The van der Waals surface area contributed by atoms with E-state index in [1.54, 1.807) is 0 Å². The molecule has 0 N–H and O–H groups in total. The standard InChI is InChI=1S/C42H29/c1-5-14-31(15-6-1)37-25-38(32-16-7-2-8-17-32)28-41(27-37)35-22-13-23-36(24-35)42-29-39(33-18-9-3-10-19-33)26-40(30-42)34-20-11-4-12-21-34/h1-11,13-30H. The van der Waals surface area contributed by atoms with Gasteiger partial charge in [-0.05, 0) is 121 Å². The molecule has 7 rings (SSSR count). The van der Waals surface area contributed by atoms with E-state index < -0.39 is 0 Å². The van der Waals surface area contributed by atoms with E-state index >= 15 is 0 Å². The molecule has 0 amide bonds. The molecule has 0 bridgehead atoms. The van der Waals surface area contributed by atoms with Crippen LogP contribution in [0.25, 0.3) is 66.8 Å². The van der Waals surface area contributed by atoms with Gasteiger partial charge < -0.3 is 0 Å². The summed E-state index contributed by atoms with van der Waals surface area (Å²) in [6.07, 6.45) is 0. The second-order valence-electron chi connectivity index (χ2n) is 10.6. The number of hydrogen-bond acceptors (Lipinski definition) is 0. The summed E-state index contributed by atoms with van der Waals surface area (Å²) in [6.45, 7) is 0. The molecule has 1 radical (unpaired) electrons. The van der Waals surface area contributed by atoms with Gasteiger partial charge in [0.1, 0.15) is 0 Å². The summed E-state index contributed by atoms with van der Waals surface area (Å²) in [5.41, 5.74) is 14.4. The van der Waals surface area contributed by atoms with Gasteiger partial charge in [-0.25, -0.2) is 0 Å². The molecule has 0 nitrogen and oxygen atoms in total. The Morgan fingerprint density at radius 2 is 0.548 bits per heavy atom. The van der Waals surface area contributed by atoms with Crippen LogP contribution in [0.4, 0.5) is 0 Å². The Hall–Kier alpha value is -5.46. The molecule has 0 heterocycles. The van der Waals surface area contributed by atoms with Crippen LogP contribution >= 0.6 is 0 Å². The van der Waals surface area contributed by atoms with E-state index in [-0.39, 0.29) is 0 Å². The number of benzene rings is 7. The molecule has 42 heavy (non-hydrogen) atoms. The maximum absolute atomic E-state index is 3.25. The molecule has 0 atom stereocenters. The van der Waals surface area contributed by atoms with E-state index in [9.17, 15) is 0 Å². The predicted molar refractivity (Wildman–Crippen MR) is 178 cm³/mol. The van der Waals surface area contributed by atoms with Crippen LogP contribution < -0.4 is 0 Å². The highest BCUT2D eigenvalue weighted by Gasteiger charge is 2.11. The van der Waals surface area contributed by atoms with Crippen LogP contribution in [0.5, 0.6) is 0 Å². The summed E-state index contributed by atoms with van der Waals surface area (Å²) >= 11 is 0. The fourth-order valence-electron chi connectivity index (χ4n) is 5.60. The third-order valence-electron chi connectivity index (χ3n) is 7.76. The van der Waals surface area contributed by atoms with Crippen LogP contribution in [0.2, 0.25) is 0 Å². The minimum atomic E-state index is 1.16. The molecular formula is C42H29. The highest BCUT2D eigenvalue weighted by atomic mass is 14.1. The first-order chi connectivity index (χ1) is 20.8. The van der Waals surface area contributed by atoms with E-state index in [4.69, 9.17) is 0 Å². The molecule has 7 aromatic rings. The van der Waals surface area contributed by atoms with Gasteiger partial charge in [0.15, 0.2) is 0 Å². The van der Waals surface area contributed by atoms with E-state index in [2.05, 4.69) is 176 Å². The molecule has 0 unspecified atom stereocenters. The topological polar surface area (TPSA) is 0 Å². The highest BCUT2D eigenvalue weighted by molar-refractivity contribution is 5.85. The average molecular weight is 534 g/mol. The van der Waals surface area contributed by atoms with E-state index in [0.717, 1.165) is 5.56 Å². The largest absolute Gasteiger partial charge is 0.0622 e. The van der Waals surface area contributed by atoms with Crippen LogP contribution in [0, 0.1) is 6.07 Å². The summed E-state index contributed by atoms with van der Waals surface area (Å²) in [7, 11) is 0. The molecule has 0 heteroatoms. The molecule has 0 aromatic heterocycles. The van der Waals surface area contributed by atoms with Gasteiger partial charge in [-0.2, -0.15) is 0 Å². The van der Waals surface area contributed by atoms with Crippen molar-refractivity contribution >= 4 is 0 Å². The second-order valence-corrected chi connectivity index (χ2v) is 10.6. The Morgan fingerprint density at radius 1 is 0.238 bits per heavy atom. The van der Waals surface area contributed by atoms with Crippen LogP contribution in [-0.2, 0) is 0 Å². The smallest absolute Gasteiger partial charge is 0.0171 e. The Morgan fingerprint density at radius 3 is 0.929 bits per heavy atom.